The van der Waals surface area contributed by atoms with Crippen molar-refractivity contribution in [2.75, 3.05) is 6.54 Å². The van der Waals surface area contributed by atoms with Gasteiger partial charge in [0.25, 0.3) is 0 Å². The van der Waals surface area contributed by atoms with E-state index in [-0.39, 0.29) is 18.7 Å². The van der Waals surface area contributed by atoms with Gasteiger partial charge < -0.3 is 5.73 Å². The molecule has 7 heteroatoms. The van der Waals surface area contributed by atoms with E-state index in [2.05, 4.69) is 5.10 Å². The Bertz CT molecular complexity index is 660. The molecule has 0 radical (unpaired) electrons. The van der Waals surface area contributed by atoms with Crippen LogP contribution >= 0.6 is 0 Å². The highest BCUT2D eigenvalue weighted by Crippen LogP contribution is 2.07. The Morgan fingerprint density at radius 2 is 2.26 bits per heavy atom. The van der Waals surface area contributed by atoms with Crippen LogP contribution in [0.25, 0.3) is 5.69 Å². The molecule has 0 saturated carbocycles. The quantitative estimate of drug-likeness (QED) is 0.897. The van der Waals surface area contributed by atoms with E-state index in [1.807, 2.05) is 0 Å². The van der Waals surface area contributed by atoms with E-state index in [0.717, 1.165) is 4.68 Å². The molecule has 0 saturated heterocycles. The Balaban J connectivity index is 2.36. The third-order valence-electron chi connectivity index (χ3n) is 2.59. The van der Waals surface area contributed by atoms with E-state index in [9.17, 15) is 13.6 Å². The highest BCUT2D eigenvalue weighted by Gasteiger charge is 2.08. The molecule has 0 fully saturated rings. The van der Waals surface area contributed by atoms with Gasteiger partial charge in [-0.15, -0.1) is 0 Å². The highest BCUT2D eigenvalue weighted by atomic mass is 19.1. The van der Waals surface area contributed by atoms with Crippen molar-refractivity contribution in [3.63, 3.8) is 0 Å². The second-order valence-electron chi connectivity index (χ2n) is 3.89. The third kappa shape index (κ3) is 2.76. The first kappa shape index (κ1) is 13.2. The summed E-state index contributed by atoms with van der Waals surface area (Å²) < 4.78 is 27.7. The summed E-state index contributed by atoms with van der Waals surface area (Å²) in [7, 11) is 0. The van der Waals surface area contributed by atoms with Crippen LogP contribution in [0.4, 0.5) is 8.78 Å². The molecule has 1 heterocycles. The molecule has 2 N–H and O–H groups in total. The Kier molecular flexibility index (Phi) is 3.86. The van der Waals surface area contributed by atoms with Crippen LogP contribution in [0.3, 0.4) is 0 Å². The molecule has 0 bridgehead atoms. The fraction of sp³-hybridized carbons (Fsp3) is 0.167. The van der Waals surface area contributed by atoms with Crippen molar-refractivity contribution in [3.8, 4) is 5.69 Å². The lowest BCUT2D eigenvalue weighted by atomic mass is 10.3. The normalized spacial score (nSPS) is 11.8. The number of benzene rings is 1. The predicted molar refractivity (Wildman–Crippen MR) is 66.0 cm³/mol. The molecule has 100 valence electrons. The summed E-state index contributed by atoms with van der Waals surface area (Å²) in [5, 5.41) is 3.84. The van der Waals surface area contributed by atoms with Crippen LogP contribution in [0.2, 0.25) is 0 Å². The summed E-state index contributed by atoms with van der Waals surface area (Å²) in [6, 6.07) is 5.55. The minimum absolute atomic E-state index is 0.00420. The third-order valence-corrected chi connectivity index (χ3v) is 2.59. The number of aromatic nitrogens is 3. The fourth-order valence-corrected chi connectivity index (χ4v) is 1.58. The van der Waals surface area contributed by atoms with Crippen molar-refractivity contribution in [2.24, 2.45) is 5.73 Å². The van der Waals surface area contributed by atoms with Crippen molar-refractivity contribution in [1.29, 1.82) is 0 Å². The first-order chi connectivity index (χ1) is 9.15. The maximum Gasteiger partial charge on any atom is 0.350 e. The standard InChI is InChI=1S/C12H12F2N4O/c13-5-9(6-15)7-18-12(19)17(8-16-18)11-3-1-2-10(14)4-11/h1-5,8H,6-7,15H2/b9-5+. The molecule has 0 amide bonds. The van der Waals surface area contributed by atoms with Crippen LogP contribution in [0, 0.1) is 5.82 Å². The van der Waals surface area contributed by atoms with Crippen molar-refractivity contribution >= 4 is 0 Å². The van der Waals surface area contributed by atoms with Crippen molar-refractivity contribution in [3.05, 3.63) is 58.8 Å². The molecule has 0 aliphatic heterocycles. The fourth-order valence-electron chi connectivity index (χ4n) is 1.58. The first-order valence-electron chi connectivity index (χ1n) is 5.54. The second kappa shape index (κ2) is 5.57. The summed E-state index contributed by atoms with van der Waals surface area (Å²) in [5.41, 5.74) is 5.42. The van der Waals surface area contributed by atoms with E-state index in [0.29, 0.717) is 12.0 Å². The molecule has 0 unspecified atom stereocenters. The Morgan fingerprint density at radius 1 is 1.47 bits per heavy atom. The van der Waals surface area contributed by atoms with Crippen LogP contribution < -0.4 is 11.4 Å². The number of rotatable bonds is 4. The van der Waals surface area contributed by atoms with Crippen LogP contribution in [0.1, 0.15) is 0 Å². The Morgan fingerprint density at radius 3 is 2.89 bits per heavy atom. The lowest BCUT2D eigenvalue weighted by Gasteiger charge is -2.02. The topological polar surface area (TPSA) is 65.8 Å². The molecular formula is C12H12F2N4O. The number of hydrogen-bond donors (Lipinski definition) is 1. The molecule has 5 nitrogen and oxygen atoms in total. The van der Waals surface area contributed by atoms with E-state index in [1.165, 1.54) is 29.1 Å². The minimum Gasteiger partial charge on any atom is -0.327 e. The first-order valence-corrected chi connectivity index (χ1v) is 5.54. The van der Waals surface area contributed by atoms with Gasteiger partial charge in [0.15, 0.2) is 0 Å². The molecule has 0 aliphatic carbocycles. The smallest absolute Gasteiger partial charge is 0.327 e. The lowest BCUT2D eigenvalue weighted by Crippen LogP contribution is -2.26. The average Bonchev–Trinajstić information content (AvgIpc) is 2.77. The summed E-state index contributed by atoms with van der Waals surface area (Å²) in [6.07, 6.45) is 1.61. The highest BCUT2D eigenvalue weighted by molar-refractivity contribution is 5.31. The van der Waals surface area contributed by atoms with E-state index in [1.54, 1.807) is 6.07 Å². The number of nitrogens with zero attached hydrogens (tertiary/aromatic N) is 3. The van der Waals surface area contributed by atoms with Gasteiger partial charge in [-0.1, -0.05) is 6.07 Å². The number of hydrogen-bond acceptors (Lipinski definition) is 3. The zero-order chi connectivity index (χ0) is 13.8. The van der Waals surface area contributed by atoms with Crippen LogP contribution in [0.5, 0.6) is 0 Å². The van der Waals surface area contributed by atoms with Gasteiger partial charge in [-0.3, -0.25) is 0 Å². The monoisotopic (exact) mass is 266 g/mol. The van der Waals surface area contributed by atoms with Crippen molar-refractivity contribution in [2.45, 2.75) is 6.54 Å². The van der Waals surface area contributed by atoms with Gasteiger partial charge in [-0.05, 0) is 23.8 Å². The zero-order valence-corrected chi connectivity index (χ0v) is 9.96. The van der Waals surface area contributed by atoms with E-state index >= 15 is 0 Å². The van der Waals surface area contributed by atoms with Crippen LogP contribution in [-0.4, -0.2) is 20.9 Å². The molecule has 0 spiro atoms. The van der Waals surface area contributed by atoms with Crippen LogP contribution in [0.15, 0.2) is 47.3 Å². The van der Waals surface area contributed by atoms with Crippen molar-refractivity contribution in [1.82, 2.24) is 14.3 Å². The van der Waals surface area contributed by atoms with Gasteiger partial charge >= 0.3 is 5.69 Å². The summed E-state index contributed by atoms with van der Waals surface area (Å²) in [4.78, 5) is 12.0. The largest absolute Gasteiger partial charge is 0.350 e. The molecule has 2 aromatic rings. The van der Waals surface area contributed by atoms with Gasteiger partial charge in [0.05, 0.1) is 18.6 Å². The zero-order valence-electron chi connectivity index (χ0n) is 9.96. The number of nitrogens with two attached hydrogens (primary N) is 1. The minimum atomic E-state index is -0.488. The SMILES string of the molecule is NC/C(=C\F)Cn1ncn(-c2cccc(F)c2)c1=O. The molecule has 0 aliphatic rings. The molecular weight excluding hydrogens is 254 g/mol. The van der Waals surface area contributed by atoms with Gasteiger partial charge in [-0.2, -0.15) is 5.10 Å². The second-order valence-corrected chi connectivity index (χ2v) is 3.89. The Hall–Kier alpha value is -2.28. The Labute approximate surface area is 107 Å². The molecule has 1 aromatic heterocycles. The lowest BCUT2D eigenvalue weighted by molar-refractivity contribution is 0.611. The summed E-state index contributed by atoms with van der Waals surface area (Å²) >= 11 is 0. The predicted octanol–water partition coefficient (Wildman–Crippen LogP) is 0.985. The van der Waals surface area contributed by atoms with E-state index < -0.39 is 11.5 Å². The maximum absolute atomic E-state index is 13.1. The van der Waals surface area contributed by atoms with Crippen molar-refractivity contribution < 1.29 is 8.78 Å². The number of halogens is 2. The van der Waals surface area contributed by atoms with Gasteiger partial charge in [0.1, 0.15) is 12.1 Å². The maximum atomic E-state index is 13.1. The van der Waals surface area contributed by atoms with Gasteiger partial charge in [0, 0.05) is 6.54 Å². The molecule has 19 heavy (non-hydrogen) atoms. The molecule has 0 atom stereocenters. The van der Waals surface area contributed by atoms with E-state index in [4.69, 9.17) is 5.73 Å². The molecule has 1 aromatic carbocycles. The van der Waals surface area contributed by atoms with Crippen LogP contribution in [-0.2, 0) is 6.54 Å². The van der Waals surface area contributed by atoms with Gasteiger partial charge in [0.2, 0.25) is 0 Å². The molecule has 2 rings (SSSR count). The summed E-state index contributed by atoms with van der Waals surface area (Å²) in [5.74, 6) is -0.455. The van der Waals surface area contributed by atoms with Gasteiger partial charge in [-0.25, -0.2) is 22.8 Å². The average molecular weight is 266 g/mol. The summed E-state index contributed by atoms with van der Waals surface area (Å²) in [6.45, 7) is -0.0378.